The number of morpholine rings is 1. The molecule has 1 saturated heterocycles. The first-order valence-corrected chi connectivity index (χ1v) is 12.5. The Bertz CT molecular complexity index is 1030. The lowest BCUT2D eigenvalue weighted by atomic mass is 10.1. The molecule has 2 aromatic carbocycles. The summed E-state index contributed by atoms with van der Waals surface area (Å²) in [7, 11) is 0. The minimum absolute atomic E-state index is 0.115. The van der Waals surface area contributed by atoms with Crippen molar-refractivity contribution in [2.45, 2.75) is 13.0 Å². The first-order chi connectivity index (χ1) is 16.6. The van der Waals surface area contributed by atoms with Crippen molar-refractivity contribution in [2.75, 3.05) is 50.5 Å². The number of hydrogen-bond acceptors (Lipinski definition) is 7. The number of thioether (sulfide) groups is 1. The molecule has 4 rings (SSSR count). The van der Waals surface area contributed by atoms with Gasteiger partial charge in [-0.1, -0.05) is 47.6 Å². The minimum atomic E-state index is -0.494. The van der Waals surface area contributed by atoms with Crippen molar-refractivity contribution < 1.29 is 19.1 Å². The molecule has 8 nitrogen and oxygen atoms in total. The molecule has 1 fully saturated rings. The van der Waals surface area contributed by atoms with Gasteiger partial charge >= 0.3 is 11.3 Å². The van der Waals surface area contributed by atoms with Crippen LogP contribution in [-0.4, -0.2) is 72.2 Å². The van der Waals surface area contributed by atoms with Crippen LogP contribution in [0.3, 0.4) is 0 Å². The Labute approximate surface area is 208 Å². The lowest BCUT2D eigenvalue weighted by Crippen LogP contribution is -2.37. The summed E-state index contributed by atoms with van der Waals surface area (Å²) in [5, 5.41) is 9.29. The van der Waals surface area contributed by atoms with Gasteiger partial charge in [-0.2, -0.15) is 5.10 Å². The first-order valence-electron chi connectivity index (χ1n) is 11.2. The van der Waals surface area contributed by atoms with Crippen molar-refractivity contribution in [3.8, 4) is 0 Å². The molecule has 2 aliphatic rings. The zero-order chi connectivity index (χ0) is 23.8. The highest BCUT2D eigenvalue weighted by Gasteiger charge is 2.22. The Kier molecular flexibility index (Phi) is 8.81. The Morgan fingerprint density at radius 3 is 2.76 bits per heavy atom. The second kappa shape index (κ2) is 12.2. The van der Waals surface area contributed by atoms with E-state index in [1.807, 2.05) is 42.5 Å². The number of halogens is 1. The van der Waals surface area contributed by atoms with Gasteiger partial charge in [-0.25, -0.2) is 9.80 Å². The molecule has 0 aromatic heterocycles. The summed E-state index contributed by atoms with van der Waals surface area (Å²) in [4.78, 5) is 26.9. The van der Waals surface area contributed by atoms with Crippen molar-refractivity contribution in [1.29, 1.82) is 0 Å². The molecule has 2 amide bonds. The highest BCUT2D eigenvalue weighted by atomic mass is 35.5. The van der Waals surface area contributed by atoms with Gasteiger partial charge in [-0.05, 0) is 41.8 Å². The second-order valence-corrected chi connectivity index (χ2v) is 9.30. The van der Waals surface area contributed by atoms with Gasteiger partial charge in [0.15, 0.2) is 0 Å². The standard InChI is InChI=1S/C24H27ClN4O4S/c25-20-7-5-19(6-8-20)22-17-34-24(31)29(27-22)16-18-3-1-4-21(15-18)26-23(30)33-12-2-9-28-10-13-32-14-11-28/h1,3-8,15H,2,9-14,16-17H2,(H,26,30). The molecule has 0 saturated carbocycles. The first kappa shape index (κ1) is 24.5. The summed E-state index contributed by atoms with van der Waals surface area (Å²) < 4.78 is 10.6. The van der Waals surface area contributed by atoms with E-state index < -0.39 is 6.09 Å². The fourth-order valence-corrected chi connectivity index (χ4v) is 4.52. The van der Waals surface area contributed by atoms with E-state index in [0.29, 0.717) is 29.6 Å². The van der Waals surface area contributed by atoms with Crippen molar-refractivity contribution in [3.63, 3.8) is 0 Å². The van der Waals surface area contributed by atoms with Crippen molar-refractivity contribution in [3.05, 3.63) is 64.7 Å². The third-order valence-electron chi connectivity index (χ3n) is 5.42. The predicted molar refractivity (Wildman–Crippen MR) is 135 cm³/mol. The van der Waals surface area contributed by atoms with Crippen LogP contribution in [0, 0.1) is 0 Å². The lowest BCUT2D eigenvalue weighted by Gasteiger charge is -2.26. The highest BCUT2D eigenvalue weighted by Crippen LogP contribution is 2.23. The van der Waals surface area contributed by atoms with E-state index in [9.17, 15) is 9.59 Å². The Morgan fingerprint density at radius 1 is 1.18 bits per heavy atom. The molecule has 2 aromatic rings. The van der Waals surface area contributed by atoms with Crippen LogP contribution in [0.25, 0.3) is 0 Å². The summed E-state index contributed by atoms with van der Waals surface area (Å²) in [5.74, 6) is 0.510. The topological polar surface area (TPSA) is 83.5 Å². The molecular weight excluding hydrogens is 476 g/mol. The van der Waals surface area contributed by atoms with Crippen LogP contribution in [0.4, 0.5) is 15.3 Å². The number of nitrogens with one attached hydrogen (secondary N) is 1. The monoisotopic (exact) mass is 502 g/mol. The zero-order valence-corrected chi connectivity index (χ0v) is 20.3. The van der Waals surface area contributed by atoms with Crippen LogP contribution in [0.5, 0.6) is 0 Å². The van der Waals surface area contributed by atoms with Gasteiger partial charge in [0, 0.05) is 36.1 Å². The molecule has 180 valence electrons. The third-order valence-corrected chi connectivity index (χ3v) is 6.55. The van der Waals surface area contributed by atoms with E-state index >= 15 is 0 Å². The number of carbonyl (C=O) groups excluding carboxylic acids is 2. The number of nitrogens with zero attached hydrogens (tertiary/aromatic N) is 3. The van der Waals surface area contributed by atoms with E-state index in [4.69, 9.17) is 21.1 Å². The molecule has 34 heavy (non-hydrogen) atoms. The highest BCUT2D eigenvalue weighted by molar-refractivity contribution is 8.14. The van der Waals surface area contributed by atoms with E-state index in [1.165, 1.54) is 16.8 Å². The van der Waals surface area contributed by atoms with E-state index in [1.54, 1.807) is 6.07 Å². The summed E-state index contributed by atoms with van der Waals surface area (Å²) in [5.41, 5.74) is 3.20. The molecule has 0 bridgehead atoms. The fraction of sp³-hybridized carbons (Fsp3) is 0.375. The number of anilines is 1. The molecule has 0 spiro atoms. The fourth-order valence-electron chi connectivity index (χ4n) is 3.66. The molecule has 0 radical (unpaired) electrons. The van der Waals surface area contributed by atoms with Crippen LogP contribution >= 0.6 is 23.4 Å². The van der Waals surface area contributed by atoms with Crippen LogP contribution in [0.2, 0.25) is 5.02 Å². The minimum Gasteiger partial charge on any atom is -0.449 e. The Morgan fingerprint density at radius 2 is 1.97 bits per heavy atom. The van der Waals surface area contributed by atoms with E-state index in [2.05, 4.69) is 15.3 Å². The molecular formula is C24H27ClN4O4S. The van der Waals surface area contributed by atoms with Crippen LogP contribution in [0.1, 0.15) is 17.5 Å². The van der Waals surface area contributed by atoms with Crippen molar-refractivity contribution >= 4 is 46.1 Å². The Balaban J connectivity index is 1.29. The van der Waals surface area contributed by atoms with Gasteiger partial charge in [0.05, 0.1) is 32.1 Å². The summed E-state index contributed by atoms with van der Waals surface area (Å²) >= 11 is 7.19. The SMILES string of the molecule is O=C(Nc1cccc(CN2N=C(c3ccc(Cl)cc3)CSC2=O)c1)OCCCN1CCOCC1. The van der Waals surface area contributed by atoms with Crippen LogP contribution < -0.4 is 5.32 Å². The smallest absolute Gasteiger partial charge is 0.411 e. The number of benzene rings is 2. The maximum absolute atomic E-state index is 12.4. The van der Waals surface area contributed by atoms with Gasteiger partial charge in [-0.3, -0.25) is 15.0 Å². The maximum atomic E-state index is 12.4. The average molecular weight is 503 g/mol. The number of hydrogen-bond donors (Lipinski definition) is 1. The van der Waals surface area contributed by atoms with Gasteiger partial charge in [0.1, 0.15) is 0 Å². The number of amides is 2. The van der Waals surface area contributed by atoms with Gasteiger partial charge < -0.3 is 9.47 Å². The predicted octanol–water partition coefficient (Wildman–Crippen LogP) is 4.68. The normalized spacial score (nSPS) is 16.8. The lowest BCUT2D eigenvalue weighted by molar-refractivity contribution is 0.0348. The number of hydrazone groups is 1. The average Bonchev–Trinajstić information content (AvgIpc) is 2.85. The van der Waals surface area contributed by atoms with Gasteiger partial charge in [0.2, 0.25) is 0 Å². The molecule has 2 heterocycles. The summed E-state index contributed by atoms with van der Waals surface area (Å²) in [6.45, 7) is 4.88. The van der Waals surface area contributed by atoms with Crippen LogP contribution in [0.15, 0.2) is 53.6 Å². The van der Waals surface area contributed by atoms with Gasteiger partial charge in [0.25, 0.3) is 0 Å². The molecule has 0 unspecified atom stereocenters. The third kappa shape index (κ3) is 7.20. The molecule has 0 aliphatic carbocycles. The van der Waals surface area contributed by atoms with Crippen LogP contribution in [-0.2, 0) is 16.0 Å². The maximum Gasteiger partial charge on any atom is 0.411 e. The molecule has 0 atom stereocenters. The molecule has 1 N–H and O–H groups in total. The zero-order valence-electron chi connectivity index (χ0n) is 18.7. The van der Waals surface area contributed by atoms with Crippen molar-refractivity contribution in [1.82, 2.24) is 9.91 Å². The summed E-state index contributed by atoms with van der Waals surface area (Å²) in [6, 6.07) is 14.7. The summed E-state index contributed by atoms with van der Waals surface area (Å²) in [6.07, 6.45) is 0.280. The van der Waals surface area contributed by atoms with E-state index in [-0.39, 0.29) is 5.24 Å². The molecule has 2 aliphatic heterocycles. The van der Waals surface area contributed by atoms with Gasteiger partial charge in [-0.15, -0.1) is 0 Å². The number of rotatable bonds is 8. The number of ether oxygens (including phenoxy) is 2. The largest absolute Gasteiger partial charge is 0.449 e. The van der Waals surface area contributed by atoms with Crippen molar-refractivity contribution in [2.24, 2.45) is 5.10 Å². The second-order valence-electron chi connectivity index (χ2n) is 7.93. The quantitative estimate of drug-likeness (QED) is 0.527. The Hall–Kier alpha value is -2.59. The number of carbonyl (C=O) groups is 2. The molecule has 10 heteroatoms. The van der Waals surface area contributed by atoms with E-state index in [0.717, 1.165) is 56.1 Å².